The van der Waals surface area contributed by atoms with Gasteiger partial charge >= 0.3 is 24.0 Å². The quantitative estimate of drug-likeness (QED) is 0.0388. The Labute approximate surface area is 212 Å². The van der Waals surface area contributed by atoms with Crippen LogP contribution in [0.3, 0.4) is 0 Å². The topological polar surface area (TPSA) is 14.1 Å². The van der Waals surface area contributed by atoms with Crippen molar-refractivity contribution < 1.29 is 17.3 Å². The fraction of sp³-hybridized carbons (Fsp3) is 1.00. The molecule has 0 saturated heterocycles. The predicted octanol–water partition coefficient (Wildman–Crippen LogP) is 12.2. The van der Waals surface area contributed by atoms with Crippen LogP contribution in [0.15, 0.2) is 0 Å². The zero-order valence-corrected chi connectivity index (χ0v) is 24.2. The Balaban J connectivity index is 0. The summed E-state index contributed by atoms with van der Waals surface area (Å²) in [5, 5.41) is 0. The zero-order valence-electron chi connectivity index (χ0n) is 22.4. The van der Waals surface area contributed by atoms with Crippen molar-refractivity contribution in [3.05, 3.63) is 0 Å². The highest BCUT2D eigenvalue weighted by molar-refractivity contribution is 7.34. The summed E-state index contributed by atoms with van der Waals surface area (Å²) in [7, 11) is -3.30. The van der Waals surface area contributed by atoms with E-state index in [0.29, 0.717) is 0 Å². The average molecular weight is 529 g/mol. The van der Waals surface area contributed by atoms with Crippen molar-refractivity contribution >= 4 is 24.0 Å². The molecule has 0 aromatic carbocycles. The van der Waals surface area contributed by atoms with Crippen molar-refractivity contribution in [1.82, 2.24) is 4.17 Å². The Morgan fingerprint density at radius 1 is 0.412 bits per heavy atom. The second kappa shape index (κ2) is 31.1. The first-order valence-corrected chi connectivity index (χ1v) is 16.4. The van der Waals surface area contributed by atoms with Gasteiger partial charge in [-0.1, -0.05) is 146 Å². The van der Waals surface area contributed by atoms with Crippen LogP contribution < -0.4 is 4.17 Å². The van der Waals surface area contributed by atoms with E-state index in [1.54, 1.807) is 0 Å². The van der Waals surface area contributed by atoms with Crippen molar-refractivity contribution in [1.29, 1.82) is 0 Å². The summed E-state index contributed by atoms with van der Waals surface area (Å²) in [6.45, 7) is 4.59. The van der Waals surface area contributed by atoms with Gasteiger partial charge in [-0.3, -0.25) is 0 Å². The second-order valence-corrected chi connectivity index (χ2v) is 11.6. The van der Waals surface area contributed by atoms with E-state index in [-0.39, 0.29) is 0 Å². The lowest BCUT2D eigenvalue weighted by atomic mass is 10.1. The van der Waals surface area contributed by atoms with E-state index in [9.17, 15) is 17.3 Å². The summed E-state index contributed by atoms with van der Waals surface area (Å²) in [5.41, 5.74) is 0. The third-order valence-corrected chi connectivity index (χ3v) is 7.89. The normalized spacial score (nSPS) is 11.5. The summed E-state index contributed by atoms with van der Waals surface area (Å²) < 4.78 is 43.7. The maximum atomic E-state index is 9.75. The molecule has 1 nitrogen and oxygen atoms in total. The molecule has 0 unspecified atom stereocenters. The number of hydrogen-bond acceptors (Lipinski definition) is 0. The number of halogens is 4. The molecule has 0 atom stereocenters. The van der Waals surface area contributed by atoms with Crippen molar-refractivity contribution in [3.63, 3.8) is 0 Å². The molecule has 0 saturated carbocycles. The molecule has 0 heterocycles. The fourth-order valence-electron chi connectivity index (χ4n) is 3.83. The van der Waals surface area contributed by atoms with Crippen LogP contribution in [0.2, 0.25) is 0 Å². The Morgan fingerprint density at radius 2 is 0.618 bits per heavy atom. The lowest BCUT2D eigenvalue weighted by Crippen LogP contribution is -2.02. The molecule has 204 valence electrons. The fourth-order valence-corrected chi connectivity index (χ4v) is 5.63. The molecule has 0 spiro atoms. The molecule has 0 N–H and O–H groups in total. The van der Waals surface area contributed by atoms with Gasteiger partial charge in [0.15, 0.2) is 0 Å². The molecule has 0 fully saturated rings. The van der Waals surface area contributed by atoms with Gasteiger partial charge in [-0.2, -0.15) is 0 Å². The molecular weight excluding hydrogens is 475 g/mol. The summed E-state index contributed by atoms with van der Waals surface area (Å²) in [4.78, 5) is 0. The first-order chi connectivity index (χ1) is 16.4. The Hall–Kier alpha value is 0.0949. The highest BCUT2D eigenvalue weighted by Gasteiger charge is 2.20. The Bertz CT molecular complexity index is 409. The van der Waals surface area contributed by atoms with E-state index in [2.05, 4.69) is 18.0 Å². The maximum Gasteiger partial charge on any atom is 0.673 e. The molecule has 34 heavy (non-hydrogen) atoms. The van der Waals surface area contributed by atoms with Crippen LogP contribution in [0.5, 0.6) is 0 Å². The van der Waals surface area contributed by atoms with Crippen LogP contribution in [0.1, 0.15) is 155 Å². The maximum absolute atomic E-state index is 9.75. The van der Waals surface area contributed by atoms with Crippen LogP contribution in [-0.4, -0.2) is 19.6 Å². The molecule has 0 radical (unpaired) electrons. The van der Waals surface area contributed by atoms with Gasteiger partial charge in [-0.25, -0.2) is 0 Å². The third-order valence-electron chi connectivity index (χ3n) is 5.85. The third kappa shape index (κ3) is 45.6. The standard InChI is InChI=1S/C26H54NP2.BF4/c1-3-5-7-9-11-13-15-17-19-21-23-25-28-27-29-26-24-22-20-18-16-14-12-10-8-6-4-2;2-1(3,4)5/h3-26H2,1-2H3;/q+1;-1. The van der Waals surface area contributed by atoms with Gasteiger partial charge in [-0.15, -0.1) is 0 Å². The Morgan fingerprint density at radius 3 is 0.853 bits per heavy atom. The van der Waals surface area contributed by atoms with Gasteiger partial charge < -0.3 is 17.3 Å². The molecule has 8 heteroatoms. The van der Waals surface area contributed by atoms with E-state index in [1.165, 1.54) is 170 Å². The van der Waals surface area contributed by atoms with Crippen molar-refractivity contribution in [2.45, 2.75) is 155 Å². The minimum atomic E-state index is -6.00. The van der Waals surface area contributed by atoms with Crippen LogP contribution in [-0.2, 0) is 0 Å². The summed E-state index contributed by atoms with van der Waals surface area (Å²) in [6, 6.07) is 0. The lowest BCUT2D eigenvalue weighted by Gasteiger charge is -2.01. The molecule has 0 bridgehead atoms. The first-order valence-electron chi connectivity index (χ1n) is 14.3. The number of hydrogen-bond donors (Lipinski definition) is 0. The van der Waals surface area contributed by atoms with E-state index < -0.39 is 7.25 Å². The summed E-state index contributed by atoms with van der Waals surface area (Å²) in [6.07, 6.45) is 34.3. The molecule has 0 aromatic rings. The van der Waals surface area contributed by atoms with Crippen molar-refractivity contribution in [3.8, 4) is 0 Å². The molecule has 0 aliphatic carbocycles. The Kier molecular flexibility index (Phi) is 33.2. The summed E-state index contributed by atoms with van der Waals surface area (Å²) >= 11 is 0. The van der Waals surface area contributed by atoms with Gasteiger partial charge in [0, 0.05) is 0 Å². The predicted molar refractivity (Wildman–Crippen MR) is 149 cm³/mol. The molecule has 0 aliphatic heterocycles. The molecular formula is C26H54BF4NP2. The molecule has 0 amide bonds. The van der Waals surface area contributed by atoms with Crippen LogP contribution in [0.4, 0.5) is 17.3 Å². The lowest BCUT2D eigenvalue weighted by molar-refractivity contribution is 0.368. The van der Waals surface area contributed by atoms with Crippen LogP contribution >= 0.6 is 16.7 Å². The largest absolute Gasteiger partial charge is 0.673 e. The number of nitrogens with zero attached hydrogens (tertiary/aromatic N) is 1. The highest BCUT2D eigenvalue weighted by atomic mass is 31.1. The van der Waals surface area contributed by atoms with Gasteiger partial charge in [0.2, 0.25) is 0 Å². The van der Waals surface area contributed by atoms with Crippen molar-refractivity contribution in [2.75, 3.05) is 12.3 Å². The van der Waals surface area contributed by atoms with E-state index >= 15 is 0 Å². The van der Waals surface area contributed by atoms with Crippen LogP contribution in [0, 0.1) is 0 Å². The minimum Gasteiger partial charge on any atom is -0.418 e. The minimum absolute atomic E-state index is 1.29. The summed E-state index contributed by atoms with van der Waals surface area (Å²) in [5.74, 6) is 0. The van der Waals surface area contributed by atoms with Crippen LogP contribution in [0.25, 0.3) is 0 Å². The van der Waals surface area contributed by atoms with E-state index in [1.807, 2.05) is 0 Å². The van der Waals surface area contributed by atoms with Crippen molar-refractivity contribution in [2.24, 2.45) is 0 Å². The van der Waals surface area contributed by atoms with E-state index in [0.717, 1.165) is 0 Å². The SMILES string of the molecule is CCCCCCCCCCCCCP=[N+]=PCCCCCCCCCCCCC.F[B-](F)(F)F. The molecule has 0 aromatic heterocycles. The first kappa shape index (κ1) is 36.3. The average Bonchev–Trinajstić information content (AvgIpc) is 2.78. The molecule has 0 aliphatic rings. The zero-order chi connectivity index (χ0) is 25.6. The molecule has 0 rings (SSSR count). The van der Waals surface area contributed by atoms with Gasteiger partial charge in [0.25, 0.3) is 0 Å². The van der Waals surface area contributed by atoms with Gasteiger partial charge in [-0.05, 0) is 12.8 Å². The monoisotopic (exact) mass is 529 g/mol. The smallest absolute Gasteiger partial charge is 0.418 e. The second-order valence-electron chi connectivity index (χ2n) is 9.39. The number of unbranched alkanes of at least 4 members (excludes halogenated alkanes) is 20. The highest BCUT2D eigenvalue weighted by Crippen LogP contribution is 2.14. The van der Waals surface area contributed by atoms with Gasteiger partial charge in [0.05, 0.1) is 12.3 Å². The van der Waals surface area contributed by atoms with Gasteiger partial charge in [0.1, 0.15) is 0 Å². The number of rotatable bonds is 24. The van der Waals surface area contributed by atoms with E-state index in [4.69, 9.17) is 0 Å².